The van der Waals surface area contributed by atoms with Gasteiger partial charge in [0.2, 0.25) is 15.9 Å². The second-order valence-electron chi connectivity index (χ2n) is 6.98. The fourth-order valence-corrected chi connectivity index (χ4v) is 4.56. The van der Waals surface area contributed by atoms with E-state index >= 15 is 0 Å². The van der Waals surface area contributed by atoms with Crippen LogP contribution in [0.5, 0.6) is 5.75 Å². The third-order valence-corrected chi connectivity index (χ3v) is 6.68. The number of rotatable bonds is 7. The summed E-state index contributed by atoms with van der Waals surface area (Å²) in [6.07, 6.45) is 0. The van der Waals surface area contributed by atoms with E-state index in [4.69, 9.17) is 9.47 Å². The Bertz CT molecular complexity index is 1030. The molecular weight excluding hydrogens is 422 g/mol. The molecule has 31 heavy (non-hydrogen) atoms. The minimum absolute atomic E-state index is 0.0383. The summed E-state index contributed by atoms with van der Waals surface area (Å²) in [5, 5.41) is 2.71. The van der Waals surface area contributed by atoms with Crippen LogP contribution in [0, 0.1) is 0 Å². The van der Waals surface area contributed by atoms with E-state index in [1.54, 1.807) is 31.4 Å². The van der Waals surface area contributed by atoms with Crippen LogP contribution in [0.4, 0.5) is 5.69 Å². The van der Waals surface area contributed by atoms with Gasteiger partial charge >= 0.3 is 0 Å². The van der Waals surface area contributed by atoms with Gasteiger partial charge in [-0.1, -0.05) is 6.07 Å². The molecule has 1 N–H and O–H groups in total. The molecule has 1 heterocycles. The number of hydrogen-bond acceptors (Lipinski definition) is 6. The summed E-state index contributed by atoms with van der Waals surface area (Å²) < 4.78 is 37.3. The predicted octanol–water partition coefficient (Wildman–Crippen LogP) is 1.43. The number of hydrogen-bond donors (Lipinski definition) is 1. The molecule has 0 spiro atoms. The Balaban J connectivity index is 1.66. The number of benzene rings is 2. The highest BCUT2D eigenvalue weighted by molar-refractivity contribution is 7.89. The maximum atomic E-state index is 12.8. The van der Waals surface area contributed by atoms with Gasteiger partial charge in [0.1, 0.15) is 5.75 Å². The van der Waals surface area contributed by atoms with Crippen molar-refractivity contribution in [1.82, 2.24) is 9.21 Å². The molecule has 166 valence electrons. The number of carbonyl (C=O) groups is 2. The highest BCUT2D eigenvalue weighted by atomic mass is 32.2. The van der Waals surface area contributed by atoms with Crippen molar-refractivity contribution >= 4 is 27.5 Å². The summed E-state index contributed by atoms with van der Waals surface area (Å²) >= 11 is 0. The van der Waals surface area contributed by atoms with Crippen LogP contribution in [0.3, 0.4) is 0 Å². The zero-order valence-corrected chi connectivity index (χ0v) is 18.2. The molecular formula is C21H25N3O6S. The zero-order valence-electron chi connectivity index (χ0n) is 17.4. The first kappa shape index (κ1) is 22.7. The SMILES string of the molecule is COc1ccc(NC(=O)CN(C)C(=O)c2cccc(S(=O)(=O)N3CCOCC3)c2)cc1. The molecule has 1 aliphatic heterocycles. The van der Waals surface area contributed by atoms with Crippen LogP contribution in [0.15, 0.2) is 53.4 Å². The van der Waals surface area contributed by atoms with Crippen molar-refractivity contribution in [1.29, 1.82) is 0 Å². The average Bonchev–Trinajstić information content (AvgIpc) is 2.79. The van der Waals surface area contributed by atoms with Gasteiger partial charge in [-0.05, 0) is 42.5 Å². The van der Waals surface area contributed by atoms with E-state index in [0.29, 0.717) is 24.7 Å². The first-order valence-electron chi connectivity index (χ1n) is 9.68. The van der Waals surface area contributed by atoms with Gasteiger partial charge in [-0.2, -0.15) is 4.31 Å². The minimum atomic E-state index is -3.72. The number of amides is 2. The monoisotopic (exact) mass is 447 g/mol. The number of likely N-dealkylation sites (N-methyl/N-ethyl adjacent to an activating group) is 1. The lowest BCUT2D eigenvalue weighted by atomic mass is 10.2. The van der Waals surface area contributed by atoms with Crippen molar-refractivity contribution in [3.63, 3.8) is 0 Å². The Labute approximate surface area is 181 Å². The van der Waals surface area contributed by atoms with Crippen LogP contribution in [-0.2, 0) is 19.6 Å². The zero-order chi connectivity index (χ0) is 22.4. The van der Waals surface area contributed by atoms with Gasteiger partial charge in [-0.3, -0.25) is 9.59 Å². The first-order chi connectivity index (χ1) is 14.8. The average molecular weight is 448 g/mol. The topological polar surface area (TPSA) is 105 Å². The van der Waals surface area contributed by atoms with Crippen molar-refractivity contribution in [2.24, 2.45) is 0 Å². The summed E-state index contributed by atoms with van der Waals surface area (Å²) in [6, 6.07) is 12.7. The number of methoxy groups -OCH3 is 1. The molecule has 1 saturated heterocycles. The molecule has 0 radical (unpaired) electrons. The van der Waals surface area contributed by atoms with E-state index in [1.807, 2.05) is 0 Å². The third kappa shape index (κ3) is 5.60. The van der Waals surface area contributed by atoms with E-state index in [0.717, 1.165) is 0 Å². The number of nitrogens with zero attached hydrogens (tertiary/aromatic N) is 2. The summed E-state index contributed by atoms with van der Waals surface area (Å²) in [4.78, 5) is 26.3. The quantitative estimate of drug-likeness (QED) is 0.688. The van der Waals surface area contributed by atoms with Crippen molar-refractivity contribution in [2.45, 2.75) is 4.90 Å². The van der Waals surface area contributed by atoms with Crippen LogP contribution >= 0.6 is 0 Å². The molecule has 9 nitrogen and oxygen atoms in total. The molecule has 0 bridgehead atoms. The number of ether oxygens (including phenoxy) is 2. The normalized spacial score (nSPS) is 14.6. The third-order valence-electron chi connectivity index (χ3n) is 4.79. The number of carbonyl (C=O) groups excluding carboxylic acids is 2. The predicted molar refractivity (Wildman–Crippen MR) is 115 cm³/mol. The Morgan fingerprint density at radius 1 is 1.13 bits per heavy atom. The summed E-state index contributed by atoms with van der Waals surface area (Å²) in [5.74, 6) is -0.167. The largest absolute Gasteiger partial charge is 0.497 e. The van der Waals surface area contributed by atoms with E-state index in [1.165, 1.54) is 40.5 Å². The Hall–Kier alpha value is -2.95. The van der Waals surface area contributed by atoms with Gasteiger partial charge in [0.05, 0.1) is 31.8 Å². The van der Waals surface area contributed by atoms with E-state index in [2.05, 4.69) is 5.32 Å². The maximum absolute atomic E-state index is 12.8. The summed E-state index contributed by atoms with van der Waals surface area (Å²) in [5.41, 5.74) is 0.763. The molecule has 0 aliphatic carbocycles. The molecule has 0 atom stereocenters. The van der Waals surface area contributed by atoms with Gasteiger partial charge in [0, 0.05) is 31.4 Å². The van der Waals surface area contributed by atoms with Crippen LogP contribution < -0.4 is 10.1 Å². The molecule has 1 aliphatic rings. The molecule has 2 aromatic carbocycles. The fourth-order valence-electron chi connectivity index (χ4n) is 3.11. The van der Waals surface area contributed by atoms with Gasteiger partial charge < -0.3 is 19.7 Å². The van der Waals surface area contributed by atoms with Crippen molar-refractivity contribution < 1.29 is 27.5 Å². The standard InChI is InChI=1S/C21H25N3O6S/c1-23(15-20(25)22-17-6-8-18(29-2)9-7-17)21(26)16-4-3-5-19(14-16)31(27,28)24-10-12-30-13-11-24/h3-9,14H,10-13,15H2,1-2H3,(H,22,25). The Morgan fingerprint density at radius 3 is 2.45 bits per heavy atom. The van der Waals surface area contributed by atoms with Gasteiger partial charge in [-0.15, -0.1) is 0 Å². The molecule has 3 rings (SSSR count). The van der Waals surface area contributed by atoms with E-state index < -0.39 is 15.9 Å². The lowest BCUT2D eigenvalue weighted by molar-refractivity contribution is -0.116. The molecule has 0 aromatic heterocycles. The second-order valence-corrected chi connectivity index (χ2v) is 8.92. The summed E-state index contributed by atoms with van der Waals surface area (Å²) in [6.45, 7) is 1.02. The first-order valence-corrected chi connectivity index (χ1v) is 11.1. The molecule has 0 saturated carbocycles. The van der Waals surface area contributed by atoms with E-state index in [-0.39, 0.29) is 36.0 Å². The van der Waals surface area contributed by atoms with Gasteiger partial charge in [0.25, 0.3) is 5.91 Å². The Kier molecular flexibility index (Phi) is 7.26. The van der Waals surface area contributed by atoms with Crippen LogP contribution in [0.1, 0.15) is 10.4 Å². The van der Waals surface area contributed by atoms with Gasteiger partial charge in [0.15, 0.2) is 0 Å². The van der Waals surface area contributed by atoms with Gasteiger partial charge in [-0.25, -0.2) is 8.42 Å². The lowest BCUT2D eigenvalue weighted by Crippen LogP contribution is -2.40. The van der Waals surface area contributed by atoms with Crippen molar-refractivity contribution in [3.05, 3.63) is 54.1 Å². The van der Waals surface area contributed by atoms with Crippen LogP contribution in [-0.4, -0.2) is 76.4 Å². The highest BCUT2D eigenvalue weighted by Gasteiger charge is 2.27. The smallest absolute Gasteiger partial charge is 0.254 e. The van der Waals surface area contributed by atoms with Crippen LogP contribution in [0.2, 0.25) is 0 Å². The van der Waals surface area contributed by atoms with E-state index in [9.17, 15) is 18.0 Å². The number of sulfonamides is 1. The molecule has 10 heteroatoms. The summed E-state index contributed by atoms with van der Waals surface area (Å²) in [7, 11) is -0.684. The molecule has 2 amide bonds. The molecule has 2 aromatic rings. The van der Waals surface area contributed by atoms with Crippen LogP contribution in [0.25, 0.3) is 0 Å². The molecule has 0 unspecified atom stereocenters. The fraction of sp³-hybridized carbons (Fsp3) is 0.333. The van der Waals surface area contributed by atoms with Crippen molar-refractivity contribution in [2.75, 3.05) is 52.3 Å². The molecule has 1 fully saturated rings. The number of nitrogens with one attached hydrogen (secondary N) is 1. The Morgan fingerprint density at radius 2 is 1.81 bits per heavy atom. The minimum Gasteiger partial charge on any atom is -0.497 e. The lowest BCUT2D eigenvalue weighted by Gasteiger charge is -2.26. The van der Waals surface area contributed by atoms with Crippen molar-refractivity contribution in [3.8, 4) is 5.75 Å². The highest BCUT2D eigenvalue weighted by Crippen LogP contribution is 2.19. The number of anilines is 1. The number of morpholine rings is 1. The second kappa shape index (κ2) is 9.90. The maximum Gasteiger partial charge on any atom is 0.254 e.